The molecule has 1 atom stereocenters. The lowest BCUT2D eigenvalue weighted by Crippen LogP contribution is -2.01. The minimum absolute atomic E-state index is 0.595. The Kier molecular flexibility index (Phi) is 5.66. The average molecular weight is 133 g/mol. The lowest BCUT2D eigenvalue weighted by Gasteiger charge is -2.01. The Labute approximate surface area is 54.7 Å². The van der Waals surface area contributed by atoms with Crippen LogP contribution in [0.15, 0.2) is 0 Å². The number of rotatable bonds is 4. The van der Waals surface area contributed by atoms with Gasteiger partial charge in [-0.1, -0.05) is 24.5 Å². The highest BCUT2D eigenvalue weighted by molar-refractivity contribution is 7.90. The summed E-state index contributed by atoms with van der Waals surface area (Å²) in [5, 5.41) is 0. The van der Waals surface area contributed by atoms with Gasteiger partial charge in [-0.15, -0.1) is 0 Å². The molecule has 0 aliphatic heterocycles. The molecule has 0 N–H and O–H groups in total. The average Bonchev–Trinajstić information content (AvgIpc) is 1.66. The number of hydrogen-bond donors (Lipinski definition) is 0. The Morgan fingerprint density at radius 1 is 1.50 bits per heavy atom. The summed E-state index contributed by atoms with van der Waals surface area (Å²) in [6.45, 7) is 3.68. The third kappa shape index (κ3) is 6.31. The second kappa shape index (κ2) is 5.45. The lowest BCUT2D eigenvalue weighted by atomic mass is 10.3. The van der Waals surface area contributed by atoms with E-state index in [1.807, 2.05) is 0 Å². The van der Waals surface area contributed by atoms with Crippen molar-refractivity contribution < 1.29 is 4.55 Å². The Balaban J connectivity index is 2.72. The van der Waals surface area contributed by atoms with E-state index in [0.717, 1.165) is 25.0 Å². The molecule has 0 aromatic carbocycles. The van der Waals surface area contributed by atoms with Crippen molar-refractivity contribution in [3.8, 4) is 0 Å². The fourth-order valence-electron chi connectivity index (χ4n) is 0.482. The molecule has 0 amide bonds. The van der Waals surface area contributed by atoms with Crippen LogP contribution in [0, 0.1) is 6.92 Å². The van der Waals surface area contributed by atoms with Gasteiger partial charge in [0.25, 0.3) is 0 Å². The van der Waals surface area contributed by atoms with E-state index in [0.29, 0.717) is 0 Å². The molecular weight excluding hydrogens is 120 g/mol. The van der Waals surface area contributed by atoms with Gasteiger partial charge in [0.1, 0.15) is 5.75 Å². The van der Waals surface area contributed by atoms with Gasteiger partial charge < -0.3 is 4.55 Å². The topological polar surface area (TPSA) is 23.1 Å². The van der Waals surface area contributed by atoms with Crippen LogP contribution in [0.2, 0.25) is 0 Å². The van der Waals surface area contributed by atoms with Crippen LogP contribution in [0.1, 0.15) is 19.3 Å². The minimum atomic E-state index is -0.595. The van der Waals surface area contributed by atoms with Crippen LogP contribution in [0.4, 0.5) is 0 Å². The molecule has 0 aliphatic carbocycles. The van der Waals surface area contributed by atoms with E-state index in [2.05, 4.69) is 6.92 Å². The van der Waals surface area contributed by atoms with E-state index in [1.54, 1.807) is 6.26 Å². The molecule has 0 aromatic rings. The van der Waals surface area contributed by atoms with Gasteiger partial charge in [0, 0.05) is 0 Å². The molecule has 8 heavy (non-hydrogen) atoms. The predicted molar refractivity (Wildman–Crippen MR) is 38.1 cm³/mol. The normalized spacial score (nSPS) is 13.9. The summed E-state index contributed by atoms with van der Waals surface area (Å²) in [7, 11) is 0. The molecule has 0 heterocycles. The molecule has 1 nitrogen and oxygen atoms in total. The maximum Gasteiger partial charge on any atom is 0.105 e. The van der Waals surface area contributed by atoms with Gasteiger partial charge in [-0.3, -0.25) is 0 Å². The van der Waals surface area contributed by atoms with Crippen molar-refractivity contribution in [1.82, 2.24) is 0 Å². The van der Waals surface area contributed by atoms with Gasteiger partial charge in [-0.05, 0) is 12.8 Å². The molecule has 0 aromatic heterocycles. The Hall–Kier alpha value is 0.310. The van der Waals surface area contributed by atoms with E-state index >= 15 is 0 Å². The van der Waals surface area contributed by atoms with E-state index in [-0.39, 0.29) is 0 Å². The smallest absolute Gasteiger partial charge is 0.105 e. The van der Waals surface area contributed by atoms with Gasteiger partial charge >= 0.3 is 0 Å². The molecule has 49 valence electrons. The van der Waals surface area contributed by atoms with Gasteiger partial charge in [-0.2, -0.15) is 0 Å². The first-order chi connectivity index (χ1) is 3.77. The summed E-state index contributed by atoms with van der Waals surface area (Å²) < 4.78 is 10.4. The minimum Gasteiger partial charge on any atom is -0.617 e. The third-order valence-electron chi connectivity index (χ3n) is 0.932. The van der Waals surface area contributed by atoms with Gasteiger partial charge in [-0.25, -0.2) is 0 Å². The third-order valence-corrected chi connectivity index (χ3v) is 1.80. The van der Waals surface area contributed by atoms with Gasteiger partial charge in [0.15, 0.2) is 0 Å². The summed E-state index contributed by atoms with van der Waals surface area (Å²) in [5.41, 5.74) is 0. The van der Waals surface area contributed by atoms with Crippen molar-refractivity contribution in [3.63, 3.8) is 0 Å². The quantitative estimate of drug-likeness (QED) is 0.419. The molecule has 0 bridgehead atoms. The molecule has 0 saturated heterocycles. The maximum absolute atomic E-state index is 10.4. The first-order valence-electron chi connectivity index (χ1n) is 2.86. The van der Waals surface area contributed by atoms with E-state index in [4.69, 9.17) is 0 Å². The molecule has 0 saturated carbocycles. The Bertz CT molecular complexity index is 45.8. The number of hydrogen-bond acceptors (Lipinski definition) is 1. The van der Waals surface area contributed by atoms with Crippen LogP contribution in [0.5, 0.6) is 0 Å². The largest absolute Gasteiger partial charge is 0.617 e. The predicted octanol–water partition coefficient (Wildman–Crippen LogP) is 1.37. The molecule has 0 rings (SSSR count). The summed E-state index contributed by atoms with van der Waals surface area (Å²) in [6, 6.07) is 0. The fourth-order valence-corrected chi connectivity index (χ4v) is 1.09. The highest BCUT2D eigenvalue weighted by Crippen LogP contribution is 1.96. The summed E-state index contributed by atoms with van der Waals surface area (Å²) in [4.78, 5) is 0. The molecule has 0 fully saturated rings. The lowest BCUT2D eigenvalue weighted by molar-refractivity contribution is 0.596. The van der Waals surface area contributed by atoms with Crippen molar-refractivity contribution in [2.45, 2.75) is 19.3 Å². The van der Waals surface area contributed by atoms with Crippen molar-refractivity contribution in [2.75, 3.05) is 12.0 Å². The van der Waals surface area contributed by atoms with Crippen LogP contribution in [-0.4, -0.2) is 16.6 Å². The Morgan fingerprint density at radius 2 is 2.12 bits per heavy atom. The van der Waals surface area contributed by atoms with Crippen LogP contribution in [0.25, 0.3) is 0 Å². The molecule has 2 heteroatoms. The van der Waals surface area contributed by atoms with Crippen LogP contribution in [-0.2, 0) is 11.2 Å². The first kappa shape index (κ1) is 8.31. The van der Waals surface area contributed by atoms with Crippen LogP contribution in [0.3, 0.4) is 0 Å². The SMILES string of the molecule is [CH2]CCCC[S+](C)[O-]. The van der Waals surface area contributed by atoms with Crippen LogP contribution < -0.4 is 0 Å². The number of unbranched alkanes of at least 4 members (excludes halogenated alkanes) is 2. The molecule has 0 spiro atoms. The fraction of sp³-hybridized carbons (Fsp3) is 0.833. The van der Waals surface area contributed by atoms with E-state index in [9.17, 15) is 4.55 Å². The highest BCUT2D eigenvalue weighted by Gasteiger charge is 1.93. The first-order valence-corrected chi connectivity index (χ1v) is 4.59. The van der Waals surface area contributed by atoms with Gasteiger partial charge in [0.2, 0.25) is 0 Å². The van der Waals surface area contributed by atoms with Gasteiger partial charge in [0.05, 0.1) is 6.26 Å². The van der Waals surface area contributed by atoms with E-state index < -0.39 is 11.2 Å². The zero-order valence-electron chi connectivity index (χ0n) is 5.35. The summed E-state index contributed by atoms with van der Waals surface area (Å²) >= 11 is -0.595. The second-order valence-corrected chi connectivity index (χ2v) is 3.39. The molecule has 1 unspecified atom stereocenters. The highest BCUT2D eigenvalue weighted by atomic mass is 32.2. The summed E-state index contributed by atoms with van der Waals surface area (Å²) in [6.07, 6.45) is 4.88. The molecular formula is C6H13OS. The zero-order chi connectivity index (χ0) is 6.41. The monoisotopic (exact) mass is 133 g/mol. The Morgan fingerprint density at radius 3 is 2.50 bits per heavy atom. The van der Waals surface area contributed by atoms with Crippen molar-refractivity contribution >= 4 is 11.2 Å². The molecule has 0 aliphatic rings. The van der Waals surface area contributed by atoms with Crippen LogP contribution >= 0.6 is 0 Å². The molecule has 1 radical (unpaired) electrons. The standard InChI is InChI=1S/C6H13OS/c1-3-4-5-6-8(2)7/h1,3-6H2,2H3. The van der Waals surface area contributed by atoms with Crippen molar-refractivity contribution in [2.24, 2.45) is 0 Å². The second-order valence-electron chi connectivity index (χ2n) is 1.84. The summed E-state index contributed by atoms with van der Waals surface area (Å²) in [5.74, 6) is 0.843. The van der Waals surface area contributed by atoms with Crippen molar-refractivity contribution in [1.29, 1.82) is 0 Å². The zero-order valence-corrected chi connectivity index (χ0v) is 6.17. The van der Waals surface area contributed by atoms with Crippen molar-refractivity contribution in [3.05, 3.63) is 6.92 Å². The van der Waals surface area contributed by atoms with E-state index in [1.165, 1.54) is 0 Å². The maximum atomic E-state index is 10.4.